The number of benzene rings is 1. The van der Waals surface area contributed by atoms with Crippen LogP contribution in [0.25, 0.3) is 11.0 Å². The molecule has 0 bridgehead atoms. The lowest BCUT2D eigenvalue weighted by Gasteiger charge is -2.12. The largest absolute Gasteiger partial charge is 0.459 e. The first kappa shape index (κ1) is 12.5. The molecule has 3 heteroatoms. The molecule has 1 unspecified atom stereocenters. The van der Waals surface area contributed by atoms with Crippen LogP contribution in [0.5, 0.6) is 0 Å². The molecular weight excluding hydrogens is 254 g/mol. The van der Waals surface area contributed by atoms with Gasteiger partial charge in [0, 0.05) is 5.39 Å². The zero-order chi connectivity index (χ0) is 13.2. The fourth-order valence-corrected chi connectivity index (χ4v) is 3.07. The van der Waals surface area contributed by atoms with E-state index in [9.17, 15) is 0 Å². The maximum atomic E-state index is 6.04. The van der Waals surface area contributed by atoms with Crippen LogP contribution in [0.2, 0.25) is 0 Å². The van der Waals surface area contributed by atoms with Crippen LogP contribution in [0.4, 0.5) is 0 Å². The van der Waals surface area contributed by atoms with E-state index in [1.165, 1.54) is 16.5 Å². The maximum Gasteiger partial charge on any atom is 0.137 e. The molecule has 2 nitrogen and oxygen atoms in total. The zero-order valence-corrected chi connectivity index (χ0v) is 12.0. The second kappa shape index (κ2) is 5.19. The second-order valence-electron chi connectivity index (χ2n) is 4.82. The fourth-order valence-electron chi connectivity index (χ4n) is 2.39. The predicted molar refractivity (Wildman–Crippen MR) is 80.8 cm³/mol. The number of hydrogen-bond acceptors (Lipinski definition) is 3. The summed E-state index contributed by atoms with van der Waals surface area (Å²) in [5.74, 6) is 1.01. The summed E-state index contributed by atoms with van der Waals surface area (Å²) in [6, 6.07) is 10.8. The number of likely N-dealkylation sites (N-methyl/N-ethyl adjacent to an activating group) is 1. The van der Waals surface area contributed by atoms with Gasteiger partial charge in [-0.3, -0.25) is 0 Å². The molecule has 19 heavy (non-hydrogen) atoms. The Morgan fingerprint density at radius 2 is 2.21 bits per heavy atom. The molecule has 3 rings (SSSR count). The van der Waals surface area contributed by atoms with Gasteiger partial charge in [-0.15, -0.1) is 0 Å². The number of para-hydroxylation sites is 1. The van der Waals surface area contributed by atoms with Crippen molar-refractivity contribution in [3.8, 4) is 0 Å². The quantitative estimate of drug-likeness (QED) is 0.765. The van der Waals surface area contributed by atoms with Gasteiger partial charge >= 0.3 is 0 Å². The van der Waals surface area contributed by atoms with Crippen molar-refractivity contribution in [3.05, 3.63) is 58.0 Å². The third-order valence-corrected chi connectivity index (χ3v) is 4.20. The summed E-state index contributed by atoms with van der Waals surface area (Å²) < 4.78 is 6.04. The number of furan rings is 1. The van der Waals surface area contributed by atoms with Crippen LogP contribution in [0, 0.1) is 6.92 Å². The van der Waals surface area contributed by atoms with Gasteiger partial charge in [-0.25, -0.2) is 0 Å². The average molecular weight is 271 g/mol. The highest BCUT2D eigenvalue weighted by molar-refractivity contribution is 7.07. The number of nitrogens with one attached hydrogen (secondary N) is 1. The highest BCUT2D eigenvalue weighted by Crippen LogP contribution is 2.28. The molecule has 0 saturated carbocycles. The lowest BCUT2D eigenvalue weighted by atomic mass is 10.1. The van der Waals surface area contributed by atoms with Crippen molar-refractivity contribution in [3.63, 3.8) is 0 Å². The molecule has 2 heterocycles. The number of rotatable bonds is 4. The van der Waals surface area contributed by atoms with Crippen molar-refractivity contribution in [1.82, 2.24) is 5.32 Å². The van der Waals surface area contributed by atoms with E-state index in [1.54, 1.807) is 11.3 Å². The Morgan fingerprint density at radius 3 is 2.89 bits per heavy atom. The summed E-state index contributed by atoms with van der Waals surface area (Å²) in [6.45, 7) is 2.09. The van der Waals surface area contributed by atoms with Gasteiger partial charge in [-0.05, 0) is 54.4 Å². The summed E-state index contributed by atoms with van der Waals surface area (Å²) in [5, 5.41) is 8.84. The normalized spacial score (nSPS) is 12.9. The minimum Gasteiger partial charge on any atom is -0.459 e. The van der Waals surface area contributed by atoms with Crippen molar-refractivity contribution >= 4 is 22.3 Å². The molecule has 1 N–H and O–H groups in total. The van der Waals surface area contributed by atoms with Crippen LogP contribution in [0.3, 0.4) is 0 Å². The first-order valence-corrected chi connectivity index (χ1v) is 7.39. The van der Waals surface area contributed by atoms with Crippen molar-refractivity contribution in [2.24, 2.45) is 0 Å². The highest BCUT2D eigenvalue weighted by atomic mass is 32.1. The van der Waals surface area contributed by atoms with E-state index in [4.69, 9.17) is 4.42 Å². The van der Waals surface area contributed by atoms with Gasteiger partial charge in [0.15, 0.2) is 0 Å². The van der Waals surface area contributed by atoms with Gasteiger partial charge in [-0.2, -0.15) is 11.3 Å². The Balaban J connectivity index is 1.95. The second-order valence-corrected chi connectivity index (χ2v) is 5.60. The zero-order valence-electron chi connectivity index (χ0n) is 11.1. The van der Waals surface area contributed by atoms with Crippen molar-refractivity contribution < 1.29 is 4.42 Å². The van der Waals surface area contributed by atoms with Gasteiger partial charge in [0.25, 0.3) is 0 Å². The van der Waals surface area contributed by atoms with Crippen LogP contribution in [-0.2, 0) is 6.42 Å². The molecule has 0 spiro atoms. The SMILES string of the molecule is CNC(Cc1ccsc1)c1cc2cccc(C)c2o1. The van der Waals surface area contributed by atoms with E-state index in [2.05, 4.69) is 53.3 Å². The third-order valence-electron chi connectivity index (χ3n) is 3.47. The third kappa shape index (κ3) is 2.44. The Bertz CT molecular complexity index is 669. The van der Waals surface area contributed by atoms with Crippen LogP contribution in [0.15, 0.2) is 45.5 Å². The Hall–Kier alpha value is -1.58. The van der Waals surface area contributed by atoms with E-state index < -0.39 is 0 Å². The number of hydrogen-bond donors (Lipinski definition) is 1. The number of fused-ring (bicyclic) bond motifs is 1. The van der Waals surface area contributed by atoms with Gasteiger partial charge in [0.05, 0.1) is 6.04 Å². The molecule has 98 valence electrons. The van der Waals surface area contributed by atoms with Crippen LogP contribution in [0.1, 0.15) is 22.9 Å². The number of aryl methyl sites for hydroxylation is 1. The van der Waals surface area contributed by atoms with Crippen molar-refractivity contribution in [2.45, 2.75) is 19.4 Å². The lowest BCUT2D eigenvalue weighted by molar-refractivity contribution is 0.450. The van der Waals surface area contributed by atoms with Crippen molar-refractivity contribution in [2.75, 3.05) is 7.05 Å². The topological polar surface area (TPSA) is 25.2 Å². The molecular formula is C16H17NOS. The van der Waals surface area contributed by atoms with Gasteiger partial charge < -0.3 is 9.73 Å². The van der Waals surface area contributed by atoms with Gasteiger partial charge in [-0.1, -0.05) is 18.2 Å². The minimum absolute atomic E-state index is 0.224. The molecule has 0 fully saturated rings. The summed E-state index contributed by atoms with van der Waals surface area (Å²) in [4.78, 5) is 0. The Morgan fingerprint density at radius 1 is 1.32 bits per heavy atom. The molecule has 0 saturated heterocycles. The van der Waals surface area contributed by atoms with Crippen molar-refractivity contribution in [1.29, 1.82) is 0 Å². The molecule has 0 aliphatic rings. The average Bonchev–Trinajstić information content (AvgIpc) is 3.05. The maximum absolute atomic E-state index is 6.04. The van der Waals surface area contributed by atoms with E-state index >= 15 is 0 Å². The molecule has 0 aliphatic carbocycles. The van der Waals surface area contributed by atoms with Crippen LogP contribution in [-0.4, -0.2) is 7.05 Å². The van der Waals surface area contributed by atoms with Crippen LogP contribution < -0.4 is 5.32 Å². The fraction of sp³-hybridized carbons (Fsp3) is 0.250. The predicted octanol–water partition coefficient (Wildman–Crippen LogP) is 4.31. The summed E-state index contributed by atoms with van der Waals surface area (Å²) in [5.41, 5.74) is 3.54. The smallest absolute Gasteiger partial charge is 0.137 e. The van der Waals surface area contributed by atoms with E-state index in [0.29, 0.717) is 0 Å². The van der Waals surface area contributed by atoms with E-state index in [0.717, 1.165) is 17.8 Å². The molecule has 1 aromatic carbocycles. The molecule has 3 aromatic rings. The first-order chi connectivity index (χ1) is 9.28. The number of thiophene rings is 1. The monoisotopic (exact) mass is 271 g/mol. The van der Waals surface area contributed by atoms with Gasteiger partial charge in [0.2, 0.25) is 0 Å². The summed E-state index contributed by atoms with van der Waals surface area (Å²) in [7, 11) is 1.98. The van der Waals surface area contributed by atoms with E-state index in [-0.39, 0.29) is 6.04 Å². The van der Waals surface area contributed by atoms with Gasteiger partial charge in [0.1, 0.15) is 11.3 Å². The van der Waals surface area contributed by atoms with Crippen LogP contribution >= 0.6 is 11.3 Å². The molecule has 0 aliphatic heterocycles. The minimum atomic E-state index is 0.224. The molecule has 0 radical (unpaired) electrons. The molecule has 1 atom stereocenters. The van der Waals surface area contributed by atoms with E-state index in [1.807, 2.05) is 7.05 Å². The molecule has 2 aromatic heterocycles. The Kier molecular flexibility index (Phi) is 3.40. The first-order valence-electron chi connectivity index (χ1n) is 6.45. The molecule has 0 amide bonds. The highest BCUT2D eigenvalue weighted by Gasteiger charge is 2.16. The summed E-state index contributed by atoms with van der Waals surface area (Å²) in [6.07, 6.45) is 0.957. The standard InChI is InChI=1S/C16H17NOS/c1-11-4-3-5-13-9-15(18-16(11)13)14(17-2)8-12-6-7-19-10-12/h3-7,9-10,14,17H,8H2,1-2H3. The lowest BCUT2D eigenvalue weighted by Crippen LogP contribution is -2.17. The Labute approximate surface area is 117 Å². The summed E-state index contributed by atoms with van der Waals surface area (Å²) >= 11 is 1.74.